The first kappa shape index (κ1) is 15.2. The van der Waals surface area contributed by atoms with Crippen molar-refractivity contribution in [2.24, 2.45) is 5.92 Å². The molecule has 126 valence electrons. The maximum atomic E-state index is 12.8. The van der Waals surface area contributed by atoms with Gasteiger partial charge in [0.25, 0.3) is 0 Å². The second-order valence-electron chi connectivity index (χ2n) is 6.78. The van der Waals surface area contributed by atoms with Gasteiger partial charge in [-0.3, -0.25) is 9.69 Å². The van der Waals surface area contributed by atoms with Gasteiger partial charge in [0.15, 0.2) is 0 Å². The van der Waals surface area contributed by atoms with Gasteiger partial charge in [0, 0.05) is 26.2 Å². The number of fused-ring (bicyclic) bond motifs is 2. The number of rotatable bonds is 3. The molecule has 3 fully saturated rings. The van der Waals surface area contributed by atoms with E-state index in [-0.39, 0.29) is 24.0 Å². The molecular formula is C17H24N2O4. The molecule has 1 aromatic rings. The Bertz CT molecular complexity index is 567. The quantitative estimate of drug-likeness (QED) is 0.833. The molecule has 3 aliphatic heterocycles. The molecule has 0 unspecified atom stereocenters. The molecule has 23 heavy (non-hydrogen) atoms. The van der Waals surface area contributed by atoms with Gasteiger partial charge in [-0.15, -0.1) is 0 Å². The summed E-state index contributed by atoms with van der Waals surface area (Å²) < 4.78 is 17.1. The van der Waals surface area contributed by atoms with Crippen LogP contribution < -0.4 is 0 Å². The minimum atomic E-state index is 0.00133. The fraction of sp³-hybridized carbons (Fsp3) is 0.706. The summed E-state index contributed by atoms with van der Waals surface area (Å²) in [5.74, 6) is 2.18. The van der Waals surface area contributed by atoms with Crippen molar-refractivity contribution in [2.45, 2.75) is 32.1 Å². The van der Waals surface area contributed by atoms with E-state index in [4.69, 9.17) is 13.9 Å². The van der Waals surface area contributed by atoms with Crippen molar-refractivity contribution in [3.63, 3.8) is 0 Å². The van der Waals surface area contributed by atoms with Crippen LogP contribution in [-0.2, 0) is 20.8 Å². The summed E-state index contributed by atoms with van der Waals surface area (Å²) in [7, 11) is 0. The summed E-state index contributed by atoms with van der Waals surface area (Å²) >= 11 is 0. The number of furan rings is 1. The molecule has 3 aliphatic rings. The normalized spacial score (nSPS) is 31.5. The fourth-order valence-corrected chi connectivity index (χ4v) is 3.94. The summed E-state index contributed by atoms with van der Waals surface area (Å²) in [6, 6.07) is 4.03. The number of ether oxygens (including phenoxy) is 2. The van der Waals surface area contributed by atoms with Crippen molar-refractivity contribution >= 4 is 5.91 Å². The van der Waals surface area contributed by atoms with E-state index in [1.165, 1.54) is 0 Å². The molecular weight excluding hydrogens is 296 g/mol. The number of likely N-dealkylation sites (tertiary alicyclic amines) is 1. The summed E-state index contributed by atoms with van der Waals surface area (Å²) in [6.45, 7) is 7.16. The highest BCUT2D eigenvalue weighted by Crippen LogP contribution is 2.34. The van der Waals surface area contributed by atoms with Gasteiger partial charge in [-0.1, -0.05) is 0 Å². The summed E-state index contributed by atoms with van der Waals surface area (Å²) in [5.41, 5.74) is 0. The van der Waals surface area contributed by atoms with Crippen LogP contribution in [0.1, 0.15) is 17.9 Å². The minimum absolute atomic E-state index is 0.00133. The summed E-state index contributed by atoms with van der Waals surface area (Å²) in [4.78, 5) is 17.1. The highest BCUT2D eigenvalue weighted by Gasteiger charge is 2.46. The zero-order chi connectivity index (χ0) is 15.8. The molecule has 0 N–H and O–H groups in total. The number of carbonyl (C=O) groups is 1. The van der Waals surface area contributed by atoms with Gasteiger partial charge in [-0.2, -0.15) is 0 Å². The molecule has 0 spiro atoms. The number of nitrogens with zero attached hydrogens (tertiary/aromatic N) is 2. The van der Waals surface area contributed by atoms with Crippen molar-refractivity contribution in [3.05, 3.63) is 23.7 Å². The first-order valence-electron chi connectivity index (χ1n) is 8.49. The Morgan fingerprint density at radius 3 is 2.83 bits per heavy atom. The van der Waals surface area contributed by atoms with Gasteiger partial charge in [-0.05, 0) is 25.5 Å². The van der Waals surface area contributed by atoms with Crippen molar-refractivity contribution in [2.75, 3.05) is 39.4 Å². The van der Waals surface area contributed by atoms with Crippen LogP contribution >= 0.6 is 0 Å². The maximum absolute atomic E-state index is 12.8. The van der Waals surface area contributed by atoms with Gasteiger partial charge in [0.2, 0.25) is 5.91 Å². The largest absolute Gasteiger partial charge is 0.465 e. The summed E-state index contributed by atoms with van der Waals surface area (Å²) in [6.07, 6.45) is 1.02. The lowest BCUT2D eigenvalue weighted by atomic mass is 9.98. The fourth-order valence-electron chi connectivity index (χ4n) is 3.94. The van der Waals surface area contributed by atoms with E-state index in [1.807, 2.05) is 24.0 Å². The zero-order valence-corrected chi connectivity index (χ0v) is 13.6. The molecule has 0 aromatic carbocycles. The van der Waals surface area contributed by atoms with E-state index in [0.29, 0.717) is 26.3 Å². The van der Waals surface area contributed by atoms with E-state index in [2.05, 4.69) is 4.90 Å². The third-order valence-electron chi connectivity index (χ3n) is 5.05. The number of morpholine rings is 2. The highest BCUT2D eigenvalue weighted by atomic mass is 16.5. The molecule has 3 atom stereocenters. The zero-order valence-electron chi connectivity index (χ0n) is 13.6. The minimum Gasteiger partial charge on any atom is -0.465 e. The van der Waals surface area contributed by atoms with E-state index in [1.54, 1.807) is 0 Å². The van der Waals surface area contributed by atoms with Gasteiger partial charge in [-0.25, -0.2) is 0 Å². The summed E-state index contributed by atoms with van der Waals surface area (Å²) in [5, 5.41) is 0. The monoisotopic (exact) mass is 320 g/mol. The first-order chi connectivity index (χ1) is 11.2. The van der Waals surface area contributed by atoms with Crippen molar-refractivity contribution in [1.29, 1.82) is 0 Å². The molecule has 6 heteroatoms. The highest BCUT2D eigenvalue weighted by molar-refractivity contribution is 5.80. The number of carbonyl (C=O) groups excluding carboxylic acids is 1. The third-order valence-corrected chi connectivity index (χ3v) is 5.05. The van der Waals surface area contributed by atoms with Crippen molar-refractivity contribution in [1.82, 2.24) is 9.80 Å². The predicted molar refractivity (Wildman–Crippen MR) is 82.9 cm³/mol. The van der Waals surface area contributed by atoms with Crippen LogP contribution in [0.2, 0.25) is 0 Å². The lowest BCUT2D eigenvalue weighted by molar-refractivity contribution is -0.142. The number of aryl methyl sites for hydroxylation is 1. The van der Waals surface area contributed by atoms with Crippen molar-refractivity contribution in [3.8, 4) is 0 Å². The Morgan fingerprint density at radius 2 is 2.09 bits per heavy atom. The molecule has 1 amide bonds. The molecule has 0 radical (unpaired) electrons. The molecule has 2 bridgehead atoms. The molecule has 0 saturated carbocycles. The Balaban J connectivity index is 1.39. The van der Waals surface area contributed by atoms with Crippen LogP contribution in [0.25, 0.3) is 0 Å². The molecule has 6 nitrogen and oxygen atoms in total. The van der Waals surface area contributed by atoms with Crippen LogP contribution in [0.5, 0.6) is 0 Å². The molecule has 4 rings (SSSR count). The average Bonchev–Trinajstić information content (AvgIpc) is 3.10. The Morgan fingerprint density at radius 1 is 1.26 bits per heavy atom. The van der Waals surface area contributed by atoms with Crippen molar-refractivity contribution < 1.29 is 18.7 Å². The second-order valence-corrected chi connectivity index (χ2v) is 6.78. The van der Waals surface area contributed by atoms with Crippen LogP contribution in [0.3, 0.4) is 0 Å². The third kappa shape index (κ3) is 3.16. The van der Waals surface area contributed by atoms with Crippen LogP contribution in [-0.4, -0.2) is 67.3 Å². The van der Waals surface area contributed by atoms with Crippen LogP contribution in [0.4, 0.5) is 0 Å². The molecule has 1 aromatic heterocycles. The number of amides is 1. The molecule has 0 aliphatic carbocycles. The first-order valence-corrected chi connectivity index (χ1v) is 8.49. The van der Waals surface area contributed by atoms with Crippen LogP contribution in [0.15, 0.2) is 16.5 Å². The lowest BCUT2D eigenvalue weighted by Crippen LogP contribution is -2.48. The standard InChI is InChI=1S/C17H24N2O4/c1-12-2-3-13(22-12)9-18-10-14-8-15(16(11-18)23-14)17(20)19-4-6-21-7-5-19/h2-3,14-16H,4-11H2,1H3/t14-,15+,16-/m1/s1. The molecule has 4 heterocycles. The maximum Gasteiger partial charge on any atom is 0.228 e. The SMILES string of the molecule is Cc1ccc(CN2C[C@H]3C[C@H](C(=O)N4CCOCC4)[C@@H](C2)O3)o1. The van der Waals surface area contributed by atoms with E-state index >= 15 is 0 Å². The Labute approximate surface area is 136 Å². The lowest BCUT2D eigenvalue weighted by Gasteiger charge is -2.33. The topological polar surface area (TPSA) is 55.2 Å². The van der Waals surface area contributed by atoms with E-state index in [9.17, 15) is 4.79 Å². The predicted octanol–water partition coefficient (Wildman–Crippen LogP) is 1.04. The van der Waals surface area contributed by atoms with Gasteiger partial charge >= 0.3 is 0 Å². The van der Waals surface area contributed by atoms with Gasteiger partial charge in [0.1, 0.15) is 11.5 Å². The smallest absolute Gasteiger partial charge is 0.228 e. The van der Waals surface area contributed by atoms with E-state index in [0.717, 1.165) is 37.6 Å². The molecule has 3 saturated heterocycles. The number of hydrogen-bond donors (Lipinski definition) is 0. The Hall–Kier alpha value is -1.37. The number of hydrogen-bond acceptors (Lipinski definition) is 5. The Kier molecular flexibility index (Phi) is 4.13. The average molecular weight is 320 g/mol. The van der Waals surface area contributed by atoms with Gasteiger partial charge in [0.05, 0.1) is 37.9 Å². The van der Waals surface area contributed by atoms with Gasteiger partial charge < -0.3 is 18.8 Å². The second kappa shape index (κ2) is 6.26. The van der Waals surface area contributed by atoms with Crippen LogP contribution in [0, 0.1) is 12.8 Å². The van der Waals surface area contributed by atoms with E-state index < -0.39 is 0 Å².